The first kappa shape index (κ1) is 14.0. The summed E-state index contributed by atoms with van der Waals surface area (Å²) in [6.45, 7) is 3.62. The van der Waals surface area contributed by atoms with Crippen LogP contribution in [0.15, 0.2) is 4.52 Å². The van der Waals surface area contributed by atoms with Gasteiger partial charge in [-0.25, -0.2) is 0 Å². The molecular formula is C14H24N4O2. The van der Waals surface area contributed by atoms with Gasteiger partial charge in [-0.3, -0.25) is 4.90 Å². The highest BCUT2D eigenvalue weighted by Crippen LogP contribution is 2.28. The van der Waals surface area contributed by atoms with Crippen molar-refractivity contribution in [2.75, 3.05) is 26.2 Å². The molecule has 2 N–H and O–H groups in total. The second kappa shape index (κ2) is 6.65. The molecule has 2 fully saturated rings. The van der Waals surface area contributed by atoms with Crippen molar-refractivity contribution in [2.24, 2.45) is 5.73 Å². The summed E-state index contributed by atoms with van der Waals surface area (Å²) < 4.78 is 11.2. The van der Waals surface area contributed by atoms with Gasteiger partial charge in [0.1, 0.15) is 6.10 Å². The number of morpholine rings is 1. The zero-order valence-electron chi connectivity index (χ0n) is 12.0. The van der Waals surface area contributed by atoms with Crippen LogP contribution in [0, 0.1) is 0 Å². The Labute approximate surface area is 119 Å². The van der Waals surface area contributed by atoms with Crippen LogP contribution >= 0.6 is 0 Å². The number of unbranched alkanes of at least 4 members (excludes halogenated alkanes) is 2. The fourth-order valence-corrected chi connectivity index (χ4v) is 3.07. The number of nitrogens with two attached hydrogens (primary N) is 1. The van der Waals surface area contributed by atoms with Crippen LogP contribution < -0.4 is 5.73 Å². The van der Waals surface area contributed by atoms with Crippen LogP contribution in [-0.2, 0) is 11.2 Å². The average Bonchev–Trinajstić information content (AvgIpc) is 3.11. The number of aryl methyl sites for hydroxylation is 1. The third-order valence-corrected chi connectivity index (χ3v) is 4.26. The van der Waals surface area contributed by atoms with Crippen molar-refractivity contribution in [3.63, 3.8) is 0 Å². The number of ether oxygens (including phenoxy) is 1. The van der Waals surface area contributed by atoms with Crippen molar-refractivity contribution in [3.8, 4) is 0 Å². The quantitative estimate of drug-likeness (QED) is 0.791. The molecule has 0 aromatic carbocycles. The van der Waals surface area contributed by atoms with Gasteiger partial charge < -0.3 is 15.0 Å². The Bertz CT molecular complexity index is 423. The van der Waals surface area contributed by atoms with E-state index in [1.165, 1.54) is 19.4 Å². The molecule has 3 heterocycles. The van der Waals surface area contributed by atoms with Crippen molar-refractivity contribution in [1.82, 2.24) is 15.0 Å². The third-order valence-electron chi connectivity index (χ3n) is 4.26. The topological polar surface area (TPSA) is 77.4 Å². The molecule has 20 heavy (non-hydrogen) atoms. The van der Waals surface area contributed by atoms with Crippen molar-refractivity contribution >= 4 is 0 Å². The van der Waals surface area contributed by atoms with Crippen molar-refractivity contribution in [3.05, 3.63) is 11.7 Å². The van der Waals surface area contributed by atoms with E-state index >= 15 is 0 Å². The molecule has 2 atom stereocenters. The number of hydrogen-bond acceptors (Lipinski definition) is 6. The first-order valence-corrected chi connectivity index (χ1v) is 7.75. The molecule has 0 amide bonds. The summed E-state index contributed by atoms with van der Waals surface area (Å²) in [7, 11) is 0. The number of hydrogen-bond donors (Lipinski definition) is 1. The van der Waals surface area contributed by atoms with Gasteiger partial charge in [-0.05, 0) is 38.8 Å². The zero-order chi connectivity index (χ0) is 13.8. The fraction of sp³-hybridized carbons (Fsp3) is 0.857. The monoisotopic (exact) mass is 280 g/mol. The average molecular weight is 280 g/mol. The van der Waals surface area contributed by atoms with Crippen LogP contribution in [0.2, 0.25) is 0 Å². The van der Waals surface area contributed by atoms with E-state index in [1.54, 1.807) is 0 Å². The van der Waals surface area contributed by atoms with Crippen LogP contribution in [0.4, 0.5) is 0 Å². The molecule has 0 bridgehead atoms. The van der Waals surface area contributed by atoms with Gasteiger partial charge in [0.25, 0.3) is 0 Å². The highest BCUT2D eigenvalue weighted by atomic mass is 16.5. The van der Waals surface area contributed by atoms with Gasteiger partial charge in [0.2, 0.25) is 11.7 Å². The molecule has 6 nitrogen and oxygen atoms in total. The van der Waals surface area contributed by atoms with Crippen LogP contribution in [0.25, 0.3) is 0 Å². The minimum Gasteiger partial charge on any atom is -0.367 e. The standard InChI is InChI=1S/C14H24N4O2/c15-7-3-1-2-6-13-16-14(17-20-13)12-9-18-8-4-5-11(18)10-19-12/h11-12H,1-10,15H2. The lowest BCUT2D eigenvalue weighted by Crippen LogP contribution is -2.42. The van der Waals surface area contributed by atoms with Gasteiger partial charge in [0.15, 0.2) is 0 Å². The summed E-state index contributed by atoms with van der Waals surface area (Å²) in [6, 6.07) is 0.605. The van der Waals surface area contributed by atoms with Crippen LogP contribution in [0.1, 0.15) is 49.9 Å². The molecule has 2 saturated heterocycles. The van der Waals surface area contributed by atoms with Gasteiger partial charge in [0, 0.05) is 19.0 Å². The molecule has 0 aliphatic carbocycles. The molecule has 1 aromatic rings. The minimum absolute atomic E-state index is 0.0223. The summed E-state index contributed by atoms with van der Waals surface area (Å²) in [4.78, 5) is 6.98. The summed E-state index contributed by atoms with van der Waals surface area (Å²) in [6.07, 6.45) is 6.58. The lowest BCUT2D eigenvalue weighted by atomic mass is 10.2. The summed E-state index contributed by atoms with van der Waals surface area (Å²) in [5.41, 5.74) is 5.48. The number of nitrogens with zero attached hydrogens (tertiary/aromatic N) is 3. The van der Waals surface area contributed by atoms with Gasteiger partial charge in [-0.1, -0.05) is 11.6 Å². The van der Waals surface area contributed by atoms with Crippen molar-refractivity contribution in [2.45, 2.75) is 50.7 Å². The molecule has 2 aliphatic rings. The van der Waals surface area contributed by atoms with Gasteiger partial charge in [-0.15, -0.1) is 0 Å². The van der Waals surface area contributed by atoms with E-state index in [-0.39, 0.29) is 6.10 Å². The van der Waals surface area contributed by atoms with Crippen molar-refractivity contribution in [1.29, 1.82) is 0 Å². The van der Waals surface area contributed by atoms with Crippen LogP contribution in [0.3, 0.4) is 0 Å². The van der Waals surface area contributed by atoms with Crippen LogP contribution in [-0.4, -0.2) is 47.3 Å². The largest absolute Gasteiger partial charge is 0.367 e. The molecule has 2 aliphatic heterocycles. The maximum atomic E-state index is 5.89. The van der Waals surface area contributed by atoms with E-state index < -0.39 is 0 Å². The second-order valence-corrected chi connectivity index (χ2v) is 5.76. The smallest absolute Gasteiger partial charge is 0.226 e. The highest BCUT2D eigenvalue weighted by Gasteiger charge is 2.34. The summed E-state index contributed by atoms with van der Waals surface area (Å²) in [5.74, 6) is 1.44. The number of aromatic nitrogens is 2. The van der Waals surface area contributed by atoms with E-state index in [9.17, 15) is 0 Å². The molecule has 0 radical (unpaired) electrons. The van der Waals surface area contributed by atoms with Gasteiger partial charge >= 0.3 is 0 Å². The van der Waals surface area contributed by atoms with E-state index in [2.05, 4.69) is 15.0 Å². The highest BCUT2D eigenvalue weighted by molar-refractivity contribution is 4.97. The Kier molecular flexibility index (Phi) is 4.65. The zero-order valence-corrected chi connectivity index (χ0v) is 12.0. The molecule has 0 saturated carbocycles. The lowest BCUT2D eigenvalue weighted by Gasteiger charge is -2.33. The first-order valence-electron chi connectivity index (χ1n) is 7.75. The molecule has 1 aromatic heterocycles. The fourth-order valence-electron chi connectivity index (χ4n) is 3.07. The Balaban J connectivity index is 1.51. The van der Waals surface area contributed by atoms with E-state index in [4.69, 9.17) is 15.0 Å². The third kappa shape index (κ3) is 3.19. The number of fused-ring (bicyclic) bond motifs is 1. The molecule has 112 valence electrons. The Morgan fingerprint density at radius 1 is 1.30 bits per heavy atom. The molecule has 3 rings (SSSR count). The first-order chi connectivity index (χ1) is 9.86. The maximum Gasteiger partial charge on any atom is 0.226 e. The number of rotatable bonds is 6. The maximum absolute atomic E-state index is 5.89. The Hall–Kier alpha value is -0.980. The normalized spacial score (nSPS) is 26.9. The predicted molar refractivity (Wildman–Crippen MR) is 74.2 cm³/mol. The second-order valence-electron chi connectivity index (χ2n) is 5.76. The van der Waals surface area contributed by atoms with E-state index in [1.807, 2.05) is 0 Å². The van der Waals surface area contributed by atoms with E-state index in [0.717, 1.165) is 51.3 Å². The predicted octanol–water partition coefficient (Wildman–Crippen LogP) is 1.28. The Morgan fingerprint density at radius 3 is 3.15 bits per heavy atom. The molecular weight excluding hydrogens is 256 g/mol. The summed E-state index contributed by atoms with van der Waals surface area (Å²) >= 11 is 0. The van der Waals surface area contributed by atoms with Crippen LogP contribution in [0.5, 0.6) is 0 Å². The van der Waals surface area contributed by atoms with Crippen molar-refractivity contribution < 1.29 is 9.26 Å². The SMILES string of the molecule is NCCCCCc1nc(C2CN3CCCC3CO2)no1. The van der Waals surface area contributed by atoms with Gasteiger partial charge in [-0.2, -0.15) is 4.98 Å². The lowest BCUT2D eigenvalue weighted by molar-refractivity contribution is -0.0548. The molecule has 6 heteroatoms. The summed E-state index contributed by atoms with van der Waals surface area (Å²) in [5, 5.41) is 4.09. The Morgan fingerprint density at radius 2 is 2.25 bits per heavy atom. The van der Waals surface area contributed by atoms with E-state index in [0.29, 0.717) is 11.9 Å². The van der Waals surface area contributed by atoms with Gasteiger partial charge in [0.05, 0.1) is 6.61 Å². The molecule has 2 unspecified atom stereocenters. The minimum atomic E-state index is -0.0223. The molecule has 0 spiro atoms.